The van der Waals surface area contributed by atoms with E-state index >= 15 is 0 Å². The molecule has 0 aromatic rings. The first kappa shape index (κ1) is 65.8. The average Bonchev–Trinajstić information content (AvgIpc) is 3.34. The fraction of sp³-hybridized carbons (Fsp3) is 0.673. The molecule has 0 spiro atoms. The van der Waals surface area contributed by atoms with Crippen LogP contribution in [0.4, 0.5) is 0 Å². The van der Waals surface area contributed by atoms with E-state index in [9.17, 15) is 54.5 Å². The molecule has 0 heterocycles. The third-order valence-corrected chi connectivity index (χ3v) is 13.6. The second-order valence-electron chi connectivity index (χ2n) is 17.5. The van der Waals surface area contributed by atoms with Crippen LogP contribution in [-0.4, -0.2) is 138 Å². The van der Waals surface area contributed by atoms with Crippen molar-refractivity contribution < 1.29 is 78.1 Å². The van der Waals surface area contributed by atoms with Crippen LogP contribution >= 0.6 is 19.6 Å². The molecule has 1 aliphatic carbocycles. The van der Waals surface area contributed by atoms with Gasteiger partial charge in [0.2, 0.25) is 0 Å². The molecule has 0 aromatic carbocycles. The van der Waals surface area contributed by atoms with Crippen molar-refractivity contribution >= 4 is 37.5 Å². The summed E-state index contributed by atoms with van der Waals surface area (Å²) in [5.41, 5.74) is 6.21. The number of carboxylic acid groups (broad SMARTS) is 1. The number of aliphatic carboxylic acids is 1. The van der Waals surface area contributed by atoms with Crippen LogP contribution in [0.1, 0.15) is 142 Å². The number of allylic oxidation sites excluding steroid dienone is 13. The van der Waals surface area contributed by atoms with E-state index in [1.165, 1.54) is 51.4 Å². The Labute approximate surface area is 426 Å². The Hall–Kier alpha value is -3.23. The Balaban J connectivity index is 2.91. The monoisotopic (exact) mass is 1040 g/mol. The predicted molar refractivity (Wildman–Crippen MR) is 277 cm³/mol. The summed E-state index contributed by atoms with van der Waals surface area (Å²) in [5, 5.41) is 70.0. The Kier molecular flexibility index (Phi) is 38.1. The number of ether oxygens (including phenoxy) is 2. The Morgan fingerprint density at radius 3 is 1.79 bits per heavy atom. The van der Waals surface area contributed by atoms with Crippen molar-refractivity contribution in [2.45, 2.75) is 202 Å². The molecule has 0 radical (unpaired) electrons. The van der Waals surface area contributed by atoms with E-state index in [-0.39, 0.29) is 31.4 Å². The molecule has 0 aliphatic heterocycles. The molecule has 1 rings (SSSR count). The van der Waals surface area contributed by atoms with Crippen LogP contribution in [0.2, 0.25) is 0 Å². The number of hydrogen-bond donors (Lipinski definition) is 9. The van der Waals surface area contributed by atoms with Gasteiger partial charge in [-0.3, -0.25) is 23.4 Å². The maximum Gasteiger partial charge on any atom is 0.472 e. The molecule has 10 N–H and O–H groups in total. The normalized spacial score (nSPS) is 22.6. The van der Waals surface area contributed by atoms with Crippen LogP contribution in [0.25, 0.3) is 0 Å². The molecule has 3 unspecified atom stereocenters. The first-order chi connectivity index (χ1) is 34.0. The molecule has 0 bridgehead atoms. The van der Waals surface area contributed by atoms with Gasteiger partial charge in [0, 0.05) is 23.8 Å². The lowest BCUT2D eigenvalue weighted by Gasteiger charge is -2.41. The second-order valence-corrected chi connectivity index (χ2v) is 20.1. The van der Waals surface area contributed by atoms with Gasteiger partial charge >= 0.3 is 25.7 Å². The molecule has 71 heavy (non-hydrogen) atoms. The predicted octanol–water partition coefficient (Wildman–Crippen LogP) is 7.37. The minimum Gasteiger partial charge on any atom is -0.481 e. The molecule has 0 aromatic heterocycles. The van der Waals surface area contributed by atoms with Gasteiger partial charge < -0.3 is 55.8 Å². The lowest BCUT2D eigenvalue weighted by atomic mass is 9.85. The zero-order valence-corrected chi connectivity index (χ0v) is 43.6. The summed E-state index contributed by atoms with van der Waals surface area (Å²) < 4.78 is 33.7. The van der Waals surface area contributed by atoms with Gasteiger partial charge in [-0.2, -0.15) is 0 Å². The fourth-order valence-corrected chi connectivity index (χ4v) is 9.06. The average molecular weight is 1040 g/mol. The standard InChI is InChI=1S/C52H86NO16PS/c1-3-5-7-9-11-13-15-17-18-19-20-21-23-25-27-29-31-36-45(57)66-37-40(38-67-70(64,65)69-51-49(61)47(59)46(58)48(60)50(51)62)68-52(63)41(53)39-71-43(42(54)33-32-35-44(55)56)34-30-28-26-24-22-16-14-12-10-8-6-4-2/h12,14,17-18,20-22,24-28,30,34,40-43,46-51,54,58-62H,3-11,13,15-16,19,23,29,31-33,35-39,53H2,1-2H3,(H,55,56)(H,64,65)/b14-12-,18-17-,21-20-,24-22-,27-25-,28-26+,34-30+/t40-,41+,42+,43-,46?,47-,48+,49-,50-,51?/m1/s1. The highest BCUT2D eigenvalue weighted by molar-refractivity contribution is 8.00. The molecule has 17 nitrogen and oxygen atoms in total. The van der Waals surface area contributed by atoms with E-state index in [0.29, 0.717) is 12.8 Å². The number of hydrogen-bond acceptors (Lipinski definition) is 16. The van der Waals surface area contributed by atoms with Crippen molar-refractivity contribution in [2.24, 2.45) is 5.73 Å². The summed E-state index contributed by atoms with van der Waals surface area (Å²) in [6.45, 7) is 2.79. The van der Waals surface area contributed by atoms with Crippen LogP contribution in [0.15, 0.2) is 85.1 Å². The highest BCUT2D eigenvalue weighted by Crippen LogP contribution is 2.47. The number of phosphoric ester groups is 1. The summed E-state index contributed by atoms with van der Waals surface area (Å²) in [6.07, 6.45) is 29.5. The smallest absolute Gasteiger partial charge is 0.472 e. The number of carbonyl (C=O) groups excluding carboxylic acids is 2. The summed E-state index contributed by atoms with van der Waals surface area (Å²) in [5.74, 6) is -2.83. The van der Waals surface area contributed by atoms with E-state index in [0.717, 1.165) is 50.3 Å². The van der Waals surface area contributed by atoms with Crippen molar-refractivity contribution in [3.05, 3.63) is 85.1 Å². The van der Waals surface area contributed by atoms with Gasteiger partial charge in [-0.1, -0.05) is 144 Å². The number of carbonyl (C=O) groups is 3. The topological polar surface area (TPSA) is 293 Å². The van der Waals surface area contributed by atoms with Crippen LogP contribution in [-0.2, 0) is 37.5 Å². The Bertz CT molecular complexity index is 1690. The van der Waals surface area contributed by atoms with Gasteiger partial charge in [-0.05, 0) is 70.6 Å². The van der Waals surface area contributed by atoms with Crippen molar-refractivity contribution in [2.75, 3.05) is 19.0 Å². The Morgan fingerprint density at radius 2 is 1.17 bits per heavy atom. The van der Waals surface area contributed by atoms with E-state index in [1.807, 2.05) is 30.4 Å². The van der Waals surface area contributed by atoms with Gasteiger partial charge in [0.05, 0.1) is 12.7 Å². The highest BCUT2D eigenvalue weighted by Gasteiger charge is 2.51. The number of carboxylic acids is 1. The molecular weight excluding hydrogens is 958 g/mol. The number of phosphoric acid groups is 1. The minimum atomic E-state index is -5.30. The summed E-state index contributed by atoms with van der Waals surface area (Å²) in [7, 11) is -5.30. The third-order valence-electron chi connectivity index (χ3n) is 11.2. The van der Waals surface area contributed by atoms with Crippen LogP contribution in [0.3, 0.4) is 0 Å². The van der Waals surface area contributed by atoms with Crippen molar-refractivity contribution in [3.8, 4) is 0 Å². The number of esters is 2. The first-order valence-corrected chi connectivity index (χ1v) is 27.9. The maximum absolute atomic E-state index is 13.3. The molecule has 1 saturated carbocycles. The lowest BCUT2D eigenvalue weighted by molar-refractivity contribution is -0.220. The van der Waals surface area contributed by atoms with Gasteiger partial charge in [-0.15, -0.1) is 11.8 Å². The number of thioether (sulfide) groups is 1. The molecule has 19 heteroatoms. The van der Waals surface area contributed by atoms with E-state index < -0.39 is 99.1 Å². The number of nitrogens with two attached hydrogens (primary N) is 1. The third kappa shape index (κ3) is 32.5. The first-order valence-electron chi connectivity index (χ1n) is 25.3. The minimum absolute atomic E-state index is 0.0114. The SMILES string of the molecule is CCCCC/C=C\C\C=C/C=C/C=C/[C@@H](SC[C@H](N)C(=O)O[C@H](COC(=O)CCC/C=C\C/C=C\C/C=C\CCCCCCCC)COP(=O)(O)OC1[C@H](O)[C@H](O)C(O)[C@H](O)[C@H]1O)[C@@H](O)CCCC(=O)O. The van der Waals surface area contributed by atoms with Gasteiger partial charge in [0.1, 0.15) is 49.3 Å². The summed E-state index contributed by atoms with van der Waals surface area (Å²) >= 11 is 1.11. The quantitative estimate of drug-likeness (QED) is 0.00949. The van der Waals surface area contributed by atoms with Crippen molar-refractivity contribution in [1.82, 2.24) is 0 Å². The molecule has 11 atom stereocenters. The van der Waals surface area contributed by atoms with E-state index in [2.05, 4.69) is 50.3 Å². The molecular formula is C52H86NO16PS. The number of rotatable bonds is 41. The molecule has 1 fully saturated rings. The number of aliphatic hydroxyl groups excluding tert-OH is 6. The van der Waals surface area contributed by atoms with Crippen molar-refractivity contribution in [3.63, 3.8) is 0 Å². The highest BCUT2D eigenvalue weighted by atomic mass is 32.2. The summed E-state index contributed by atoms with van der Waals surface area (Å²) in [4.78, 5) is 47.7. The lowest BCUT2D eigenvalue weighted by Crippen LogP contribution is -2.64. The second kappa shape index (κ2) is 41.2. The van der Waals surface area contributed by atoms with Crippen molar-refractivity contribution in [1.29, 1.82) is 0 Å². The van der Waals surface area contributed by atoms with E-state index in [1.54, 1.807) is 18.2 Å². The fourth-order valence-electron chi connectivity index (χ4n) is 6.96. The number of aliphatic hydroxyl groups is 6. The number of unbranched alkanes of at least 4 members (excludes halogenated alkanes) is 10. The van der Waals surface area contributed by atoms with Gasteiger partial charge in [-0.25, -0.2) is 4.57 Å². The van der Waals surface area contributed by atoms with Crippen LogP contribution < -0.4 is 5.73 Å². The molecule has 1 aliphatic rings. The van der Waals surface area contributed by atoms with Crippen LogP contribution in [0.5, 0.6) is 0 Å². The zero-order chi connectivity index (χ0) is 52.7. The molecule has 406 valence electrons. The van der Waals surface area contributed by atoms with Gasteiger partial charge in [0.25, 0.3) is 0 Å². The summed E-state index contributed by atoms with van der Waals surface area (Å²) in [6, 6.07) is -1.35. The van der Waals surface area contributed by atoms with E-state index in [4.69, 9.17) is 29.4 Å². The molecule has 0 saturated heterocycles. The zero-order valence-electron chi connectivity index (χ0n) is 41.9. The largest absolute Gasteiger partial charge is 0.481 e. The van der Waals surface area contributed by atoms with Gasteiger partial charge in [0.15, 0.2) is 6.10 Å². The maximum atomic E-state index is 13.3. The van der Waals surface area contributed by atoms with Crippen LogP contribution in [0, 0.1) is 0 Å². The molecule has 0 amide bonds. The Morgan fingerprint density at radius 1 is 0.648 bits per heavy atom.